The molecule has 0 aliphatic heterocycles. The molecule has 33 heavy (non-hydrogen) atoms. The molecule has 0 aliphatic rings. The molecular formula is C23H20N2O7S. The van der Waals surface area contributed by atoms with Crippen LogP contribution < -0.4 is 4.72 Å². The summed E-state index contributed by atoms with van der Waals surface area (Å²) in [5.74, 6) is -1.29. The van der Waals surface area contributed by atoms with E-state index in [1.54, 1.807) is 26.0 Å². The van der Waals surface area contributed by atoms with Crippen molar-refractivity contribution in [3.8, 4) is 0 Å². The summed E-state index contributed by atoms with van der Waals surface area (Å²) in [6, 6.07) is 15.6. The largest absolute Gasteiger partial charge is 0.454 e. The Bertz CT molecular complexity index is 1320. The van der Waals surface area contributed by atoms with Crippen LogP contribution in [0.3, 0.4) is 0 Å². The van der Waals surface area contributed by atoms with Gasteiger partial charge in [0.25, 0.3) is 15.7 Å². The van der Waals surface area contributed by atoms with Crippen LogP contribution in [0.15, 0.2) is 71.6 Å². The molecule has 0 aliphatic carbocycles. The minimum atomic E-state index is -3.81. The molecule has 0 heterocycles. The third-order valence-corrected chi connectivity index (χ3v) is 6.26. The highest BCUT2D eigenvalue weighted by atomic mass is 32.2. The third-order valence-electron chi connectivity index (χ3n) is 4.74. The zero-order valence-electron chi connectivity index (χ0n) is 17.8. The fourth-order valence-corrected chi connectivity index (χ4v) is 4.34. The zero-order chi connectivity index (χ0) is 24.2. The van der Waals surface area contributed by atoms with Crippen LogP contribution in [0.25, 0.3) is 0 Å². The first-order valence-corrected chi connectivity index (χ1v) is 11.2. The molecule has 0 unspecified atom stereocenters. The summed E-state index contributed by atoms with van der Waals surface area (Å²) >= 11 is 0. The number of rotatable bonds is 8. The number of benzene rings is 3. The lowest BCUT2D eigenvalue weighted by molar-refractivity contribution is -0.384. The van der Waals surface area contributed by atoms with Crippen molar-refractivity contribution in [3.05, 3.63) is 99.1 Å². The van der Waals surface area contributed by atoms with Gasteiger partial charge in [-0.15, -0.1) is 0 Å². The molecule has 0 atom stereocenters. The molecule has 3 rings (SSSR count). The molecule has 0 saturated carbocycles. The molecule has 10 heteroatoms. The lowest BCUT2D eigenvalue weighted by Crippen LogP contribution is -2.15. The van der Waals surface area contributed by atoms with E-state index < -0.39 is 33.3 Å². The molecule has 3 aromatic rings. The van der Waals surface area contributed by atoms with Crippen LogP contribution >= 0.6 is 0 Å². The number of carbonyl (C=O) groups excluding carboxylic acids is 2. The van der Waals surface area contributed by atoms with Crippen LogP contribution in [0.2, 0.25) is 0 Å². The fraction of sp³-hybridized carbons (Fsp3) is 0.130. The Morgan fingerprint density at radius 3 is 2.15 bits per heavy atom. The van der Waals surface area contributed by atoms with Gasteiger partial charge in [-0.3, -0.25) is 19.6 Å². The lowest BCUT2D eigenvalue weighted by Gasteiger charge is -2.11. The number of hydrogen-bond donors (Lipinski definition) is 1. The number of Topliss-reactive ketones (excluding diaryl/α,β-unsaturated/α-hetero) is 1. The van der Waals surface area contributed by atoms with Gasteiger partial charge in [-0.1, -0.05) is 12.1 Å². The first-order valence-electron chi connectivity index (χ1n) is 9.72. The van der Waals surface area contributed by atoms with Crippen molar-refractivity contribution in [2.45, 2.75) is 18.7 Å². The number of anilines is 1. The number of carbonyl (C=O) groups is 2. The van der Waals surface area contributed by atoms with E-state index in [9.17, 15) is 28.1 Å². The van der Waals surface area contributed by atoms with Crippen molar-refractivity contribution in [3.63, 3.8) is 0 Å². The van der Waals surface area contributed by atoms with Crippen LogP contribution in [0.1, 0.15) is 31.8 Å². The molecule has 1 N–H and O–H groups in total. The molecule has 3 aromatic carbocycles. The number of nitro groups is 1. The van der Waals surface area contributed by atoms with Gasteiger partial charge in [0.15, 0.2) is 12.4 Å². The van der Waals surface area contributed by atoms with Crippen LogP contribution in [0.5, 0.6) is 0 Å². The SMILES string of the molecule is Cc1ccc(C)c(S(=O)(=O)Nc2ccc(C(=O)OCC(=O)c3ccc([N+](=O)[O-])cc3)cc2)c1. The predicted octanol–water partition coefficient (Wildman–Crippen LogP) is 4.05. The standard InChI is InChI=1S/C23H20N2O7S/c1-15-3-4-16(2)22(13-15)33(30,31)24-19-9-5-18(6-10-19)23(27)32-14-21(26)17-7-11-20(12-8-17)25(28)29/h3-13,24H,14H2,1-2H3. The summed E-state index contributed by atoms with van der Waals surface area (Å²) in [5, 5.41) is 10.7. The summed E-state index contributed by atoms with van der Waals surface area (Å²) < 4.78 is 32.8. The monoisotopic (exact) mass is 468 g/mol. The van der Waals surface area contributed by atoms with Gasteiger partial charge in [-0.05, 0) is 67.4 Å². The van der Waals surface area contributed by atoms with Crippen molar-refractivity contribution in [1.82, 2.24) is 0 Å². The minimum Gasteiger partial charge on any atom is -0.454 e. The van der Waals surface area contributed by atoms with Crippen molar-refractivity contribution in [1.29, 1.82) is 0 Å². The molecule has 0 amide bonds. The van der Waals surface area contributed by atoms with Crippen LogP contribution in [-0.2, 0) is 14.8 Å². The molecule has 170 valence electrons. The van der Waals surface area contributed by atoms with Gasteiger partial charge in [0.1, 0.15) is 0 Å². The number of sulfonamides is 1. The highest BCUT2D eigenvalue weighted by Gasteiger charge is 2.18. The van der Waals surface area contributed by atoms with Crippen molar-refractivity contribution in [2.24, 2.45) is 0 Å². The number of ether oxygens (including phenoxy) is 1. The molecule has 0 bridgehead atoms. The summed E-state index contributed by atoms with van der Waals surface area (Å²) in [5.41, 5.74) is 1.81. The predicted molar refractivity (Wildman–Crippen MR) is 121 cm³/mol. The highest BCUT2D eigenvalue weighted by molar-refractivity contribution is 7.92. The van der Waals surface area contributed by atoms with E-state index in [4.69, 9.17) is 4.74 Å². The van der Waals surface area contributed by atoms with Crippen LogP contribution in [0.4, 0.5) is 11.4 Å². The van der Waals surface area contributed by atoms with E-state index in [1.807, 2.05) is 6.07 Å². The summed E-state index contributed by atoms with van der Waals surface area (Å²) in [6.45, 7) is 2.95. The molecule has 0 radical (unpaired) electrons. The Hall–Kier alpha value is -4.05. The number of nitrogens with zero attached hydrogens (tertiary/aromatic N) is 1. The number of hydrogen-bond acceptors (Lipinski definition) is 7. The Balaban J connectivity index is 1.62. The Morgan fingerprint density at radius 2 is 1.55 bits per heavy atom. The number of ketones is 1. The quantitative estimate of drug-likeness (QED) is 0.228. The normalized spacial score (nSPS) is 11.0. The number of non-ortho nitro benzene ring substituents is 1. The second kappa shape index (κ2) is 9.61. The van der Waals surface area contributed by atoms with Gasteiger partial charge in [0.2, 0.25) is 0 Å². The number of esters is 1. The lowest BCUT2D eigenvalue weighted by atomic mass is 10.1. The molecular weight excluding hydrogens is 448 g/mol. The van der Waals surface area contributed by atoms with E-state index in [0.29, 0.717) is 5.56 Å². The molecule has 0 saturated heterocycles. The Kier molecular flexibility index (Phi) is 6.88. The molecule has 9 nitrogen and oxygen atoms in total. The van der Waals surface area contributed by atoms with E-state index in [2.05, 4.69) is 4.72 Å². The van der Waals surface area contributed by atoms with Gasteiger partial charge in [-0.25, -0.2) is 13.2 Å². The Labute approximate surface area is 190 Å². The van der Waals surface area contributed by atoms with Crippen LogP contribution in [0, 0.1) is 24.0 Å². The van der Waals surface area contributed by atoms with Gasteiger partial charge in [0.05, 0.1) is 15.4 Å². The summed E-state index contributed by atoms with van der Waals surface area (Å²) in [7, 11) is -3.81. The Morgan fingerprint density at radius 1 is 0.939 bits per heavy atom. The van der Waals surface area contributed by atoms with Crippen molar-refractivity contribution >= 4 is 33.2 Å². The zero-order valence-corrected chi connectivity index (χ0v) is 18.6. The van der Waals surface area contributed by atoms with Crippen molar-refractivity contribution < 1.29 is 27.7 Å². The maximum Gasteiger partial charge on any atom is 0.338 e. The smallest absolute Gasteiger partial charge is 0.338 e. The summed E-state index contributed by atoms with van der Waals surface area (Å²) in [6.07, 6.45) is 0. The molecule has 0 fully saturated rings. The molecule has 0 spiro atoms. The first-order chi connectivity index (χ1) is 15.6. The van der Waals surface area contributed by atoms with Crippen molar-refractivity contribution in [2.75, 3.05) is 11.3 Å². The maximum atomic E-state index is 12.7. The van der Waals surface area contributed by atoms with Gasteiger partial charge in [0, 0.05) is 23.4 Å². The van der Waals surface area contributed by atoms with Gasteiger partial charge >= 0.3 is 5.97 Å². The van der Waals surface area contributed by atoms with Gasteiger partial charge < -0.3 is 4.74 Å². The number of nitrogens with one attached hydrogen (secondary N) is 1. The van der Waals surface area contributed by atoms with E-state index in [-0.39, 0.29) is 27.4 Å². The maximum absolute atomic E-state index is 12.7. The number of nitro benzene ring substituents is 1. The van der Waals surface area contributed by atoms with E-state index in [1.165, 1.54) is 48.5 Å². The second-order valence-corrected chi connectivity index (χ2v) is 8.91. The molecule has 0 aromatic heterocycles. The average molecular weight is 468 g/mol. The third kappa shape index (κ3) is 5.80. The number of aryl methyl sites for hydroxylation is 2. The van der Waals surface area contributed by atoms with E-state index in [0.717, 1.165) is 5.56 Å². The average Bonchev–Trinajstić information content (AvgIpc) is 2.79. The van der Waals surface area contributed by atoms with Gasteiger partial charge in [-0.2, -0.15) is 0 Å². The summed E-state index contributed by atoms with van der Waals surface area (Å²) in [4.78, 5) is 34.6. The fourth-order valence-electron chi connectivity index (χ4n) is 2.95. The minimum absolute atomic E-state index is 0.126. The van der Waals surface area contributed by atoms with Crippen LogP contribution in [-0.4, -0.2) is 31.7 Å². The van der Waals surface area contributed by atoms with E-state index >= 15 is 0 Å². The second-order valence-electron chi connectivity index (χ2n) is 7.26. The first kappa shape index (κ1) is 23.6. The topological polar surface area (TPSA) is 133 Å². The highest BCUT2D eigenvalue weighted by Crippen LogP contribution is 2.21.